The third kappa shape index (κ3) is 5.26. The first kappa shape index (κ1) is 24.6. The van der Waals surface area contributed by atoms with Crippen LogP contribution in [0.5, 0.6) is 5.75 Å². The maximum Gasteiger partial charge on any atom is 0.339 e. The standard InChI is InChI=1S/C25H23ClN2O6S/c1-33-25(30)19-9-3-4-10-21(19)27-24(29)16-34-23-13-12-18(15-20(23)26)35(31,32)28-14-6-8-17-7-2-5-11-22(17)28/h2-5,7,9-13,15H,6,8,14,16H2,1H3,(H,27,29). The fraction of sp³-hybridized carbons (Fsp3) is 0.200. The summed E-state index contributed by atoms with van der Waals surface area (Å²) in [6.07, 6.45) is 1.54. The van der Waals surface area contributed by atoms with Gasteiger partial charge in [-0.15, -0.1) is 0 Å². The van der Waals surface area contributed by atoms with Crippen molar-refractivity contribution < 1.29 is 27.5 Å². The summed E-state index contributed by atoms with van der Waals surface area (Å²) in [5.41, 5.74) is 2.13. The number of ether oxygens (including phenoxy) is 2. The van der Waals surface area contributed by atoms with E-state index in [2.05, 4.69) is 5.32 Å². The highest BCUT2D eigenvalue weighted by atomic mass is 35.5. The molecule has 35 heavy (non-hydrogen) atoms. The van der Waals surface area contributed by atoms with Crippen molar-refractivity contribution >= 4 is 44.9 Å². The van der Waals surface area contributed by atoms with E-state index in [9.17, 15) is 18.0 Å². The molecule has 0 spiro atoms. The number of nitrogens with zero attached hydrogens (tertiary/aromatic N) is 1. The molecule has 182 valence electrons. The van der Waals surface area contributed by atoms with Gasteiger partial charge in [0.15, 0.2) is 6.61 Å². The SMILES string of the molecule is COC(=O)c1ccccc1NC(=O)COc1ccc(S(=O)(=O)N2CCCc3ccccc32)cc1Cl. The van der Waals surface area contributed by atoms with Gasteiger partial charge in [0.1, 0.15) is 5.75 Å². The third-order valence-electron chi connectivity index (χ3n) is 5.52. The first-order chi connectivity index (χ1) is 16.8. The Balaban J connectivity index is 1.46. The van der Waals surface area contributed by atoms with E-state index in [1.807, 2.05) is 18.2 Å². The number of hydrogen-bond acceptors (Lipinski definition) is 6. The Bertz CT molecular complexity index is 1380. The van der Waals surface area contributed by atoms with Gasteiger partial charge in [0.05, 0.1) is 34.0 Å². The van der Waals surface area contributed by atoms with Crippen molar-refractivity contribution in [1.29, 1.82) is 0 Å². The normalized spacial score (nSPS) is 13.0. The summed E-state index contributed by atoms with van der Waals surface area (Å²) in [4.78, 5) is 24.3. The van der Waals surface area contributed by atoms with Crippen molar-refractivity contribution in [3.63, 3.8) is 0 Å². The summed E-state index contributed by atoms with van der Waals surface area (Å²) in [5.74, 6) is -0.960. The van der Waals surface area contributed by atoms with Crippen LogP contribution in [0.15, 0.2) is 71.6 Å². The fourth-order valence-electron chi connectivity index (χ4n) is 3.84. The lowest BCUT2D eigenvalue weighted by atomic mass is 10.0. The second-order valence-electron chi connectivity index (χ2n) is 7.78. The van der Waals surface area contributed by atoms with Crippen LogP contribution in [0.4, 0.5) is 11.4 Å². The number of esters is 1. The van der Waals surface area contributed by atoms with Gasteiger partial charge in [-0.3, -0.25) is 9.10 Å². The van der Waals surface area contributed by atoms with Gasteiger partial charge >= 0.3 is 5.97 Å². The van der Waals surface area contributed by atoms with Crippen LogP contribution in [-0.2, 0) is 26.0 Å². The number of para-hydroxylation sites is 2. The Morgan fingerprint density at radius 2 is 1.80 bits per heavy atom. The molecule has 0 fully saturated rings. The molecular formula is C25H23ClN2O6S. The van der Waals surface area contributed by atoms with Crippen LogP contribution < -0.4 is 14.4 Å². The number of fused-ring (bicyclic) bond motifs is 1. The number of carbonyl (C=O) groups excluding carboxylic acids is 2. The van der Waals surface area contributed by atoms with Gasteiger partial charge < -0.3 is 14.8 Å². The van der Waals surface area contributed by atoms with Crippen LogP contribution >= 0.6 is 11.6 Å². The molecule has 3 aromatic carbocycles. The van der Waals surface area contributed by atoms with Crippen LogP contribution in [-0.4, -0.2) is 40.6 Å². The molecule has 1 heterocycles. The van der Waals surface area contributed by atoms with Crippen LogP contribution in [0, 0.1) is 0 Å². The first-order valence-corrected chi connectivity index (χ1v) is 12.6. The second-order valence-corrected chi connectivity index (χ2v) is 10.0. The van der Waals surface area contributed by atoms with E-state index in [0.717, 1.165) is 18.4 Å². The second kappa shape index (κ2) is 10.4. The van der Waals surface area contributed by atoms with E-state index in [0.29, 0.717) is 12.2 Å². The Morgan fingerprint density at radius 1 is 1.06 bits per heavy atom. The number of aryl methyl sites for hydroxylation is 1. The minimum absolute atomic E-state index is 0.0306. The minimum atomic E-state index is -3.83. The van der Waals surface area contributed by atoms with Crippen molar-refractivity contribution in [1.82, 2.24) is 0 Å². The molecule has 10 heteroatoms. The maximum atomic E-state index is 13.3. The molecule has 1 aliphatic rings. The van der Waals surface area contributed by atoms with Crippen molar-refractivity contribution in [3.05, 3.63) is 82.9 Å². The summed E-state index contributed by atoms with van der Waals surface area (Å²) in [5, 5.41) is 2.65. The Hall–Kier alpha value is -3.56. The first-order valence-electron chi connectivity index (χ1n) is 10.8. The molecule has 0 unspecified atom stereocenters. The largest absolute Gasteiger partial charge is 0.482 e. The molecule has 0 radical (unpaired) electrons. The monoisotopic (exact) mass is 514 g/mol. The van der Waals surface area contributed by atoms with Gasteiger partial charge in [-0.2, -0.15) is 0 Å². The van der Waals surface area contributed by atoms with E-state index >= 15 is 0 Å². The lowest BCUT2D eigenvalue weighted by Gasteiger charge is -2.30. The van der Waals surface area contributed by atoms with E-state index in [-0.39, 0.29) is 26.9 Å². The maximum absolute atomic E-state index is 13.3. The number of carbonyl (C=O) groups is 2. The zero-order valence-electron chi connectivity index (χ0n) is 18.9. The molecular weight excluding hydrogens is 492 g/mol. The molecule has 1 N–H and O–H groups in total. The lowest BCUT2D eigenvalue weighted by Crippen LogP contribution is -2.35. The highest BCUT2D eigenvalue weighted by molar-refractivity contribution is 7.92. The van der Waals surface area contributed by atoms with Gasteiger partial charge in [-0.05, 0) is 54.8 Å². The predicted octanol–water partition coefficient (Wildman–Crippen LogP) is 4.29. The van der Waals surface area contributed by atoms with Crippen molar-refractivity contribution in [2.75, 3.05) is 29.9 Å². The van der Waals surface area contributed by atoms with Crippen LogP contribution in [0.2, 0.25) is 5.02 Å². The number of benzene rings is 3. The molecule has 0 bridgehead atoms. The van der Waals surface area contributed by atoms with Gasteiger partial charge in [0.2, 0.25) is 0 Å². The quantitative estimate of drug-likeness (QED) is 0.472. The number of nitrogens with one attached hydrogen (secondary N) is 1. The Kier molecular flexibility index (Phi) is 7.28. The summed E-state index contributed by atoms with van der Waals surface area (Å²) >= 11 is 6.30. The molecule has 0 saturated heterocycles. The molecule has 0 atom stereocenters. The zero-order chi connectivity index (χ0) is 25.0. The zero-order valence-corrected chi connectivity index (χ0v) is 20.4. The van der Waals surface area contributed by atoms with Crippen molar-refractivity contribution in [2.24, 2.45) is 0 Å². The molecule has 3 aromatic rings. The van der Waals surface area contributed by atoms with E-state index < -0.39 is 28.5 Å². The molecule has 8 nitrogen and oxygen atoms in total. The van der Waals surface area contributed by atoms with Gasteiger partial charge in [-0.1, -0.05) is 41.9 Å². The summed E-state index contributed by atoms with van der Waals surface area (Å²) in [6.45, 7) is -0.0245. The van der Waals surface area contributed by atoms with Crippen molar-refractivity contribution in [2.45, 2.75) is 17.7 Å². The van der Waals surface area contributed by atoms with Crippen LogP contribution in [0.1, 0.15) is 22.3 Å². The third-order valence-corrected chi connectivity index (χ3v) is 7.63. The number of methoxy groups -OCH3 is 1. The van der Waals surface area contributed by atoms with E-state index in [1.54, 1.807) is 24.3 Å². The fourth-order valence-corrected chi connectivity index (χ4v) is 5.71. The molecule has 0 aliphatic carbocycles. The molecule has 1 amide bonds. The van der Waals surface area contributed by atoms with Crippen LogP contribution in [0.25, 0.3) is 0 Å². The Morgan fingerprint density at radius 3 is 2.57 bits per heavy atom. The number of hydrogen-bond donors (Lipinski definition) is 1. The Labute approximate surface area is 208 Å². The number of sulfonamides is 1. The van der Waals surface area contributed by atoms with Crippen molar-refractivity contribution in [3.8, 4) is 5.75 Å². The molecule has 4 rings (SSSR count). The average molecular weight is 515 g/mol. The summed E-state index contributed by atoms with van der Waals surface area (Å²) in [6, 6.07) is 18.0. The smallest absolute Gasteiger partial charge is 0.339 e. The van der Waals surface area contributed by atoms with Crippen LogP contribution in [0.3, 0.4) is 0 Å². The average Bonchev–Trinajstić information content (AvgIpc) is 2.87. The van der Waals surface area contributed by atoms with Gasteiger partial charge in [-0.25, -0.2) is 13.2 Å². The number of halogens is 1. The minimum Gasteiger partial charge on any atom is -0.482 e. The van der Waals surface area contributed by atoms with E-state index in [4.69, 9.17) is 21.1 Å². The predicted molar refractivity (Wildman–Crippen MR) is 133 cm³/mol. The van der Waals surface area contributed by atoms with Gasteiger partial charge in [0.25, 0.3) is 15.9 Å². The summed E-state index contributed by atoms with van der Waals surface area (Å²) < 4.78 is 38.2. The molecule has 1 aliphatic heterocycles. The highest BCUT2D eigenvalue weighted by Crippen LogP contribution is 2.34. The molecule has 0 saturated carbocycles. The number of anilines is 2. The topological polar surface area (TPSA) is 102 Å². The molecule has 0 aromatic heterocycles. The highest BCUT2D eigenvalue weighted by Gasteiger charge is 2.29. The van der Waals surface area contributed by atoms with Gasteiger partial charge in [0, 0.05) is 6.54 Å². The summed E-state index contributed by atoms with van der Waals surface area (Å²) in [7, 11) is -2.58. The lowest BCUT2D eigenvalue weighted by molar-refractivity contribution is -0.118. The number of amides is 1. The number of rotatable bonds is 7. The van der Waals surface area contributed by atoms with E-state index in [1.165, 1.54) is 35.7 Å².